The highest BCUT2D eigenvalue weighted by molar-refractivity contribution is 7.07. The van der Waals surface area contributed by atoms with E-state index < -0.39 is 0 Å². The first-order chi connectivity index (χ1) is 6.59. The molecule has 0 aliphatic carbocycles. The van der Waals surface area contributed by atoms with Crippen molar-refractivity contribution in [1.29, 1.82) is 0 Å². The number of aromatic nitrogens is 1. The van der Waals surface area contributed by atoms with Crippen molar-refractivity contribution in [2.45, 2.75) is 19.9 Å². The van der Waals surface area contributed by atoms with Crippen LogP contribution in [0, 0.1) is 0 Å². The van der Waals surface area contributed by atoms with Gasteiger partial charge in [0.05, 0.1) is 24.2 Å². The van der Waals surface area contributed by atoms with E-state index in [-0.39, 0.29) is 18.1 Å². The van der Waals surface area contributed by atoms with Gasteiger partial charge in [-0.15, -0.1) is 11.3 Å². The minimum Gasteiger partial charge on any atom is -0.339 e. The van der Waals surface area contributed by atoms with Gasteiger partial charge in [0.25, 0.3) is 0 Å². The lowest BCUT2D eigenvalue weighted by molar-refractivity contribution is -0.134. The van der Waals surface area contributed by atoms with Crippen molar-refractivity contribution in [1.82, 2.24) is 9.88 Å². The second kappa shape index (κ2) is 4.85. The maximum absolute atomic E-state index is 11.4. The second-order valence-corrected chi connectivity index (χ2v) is 3.83. The van der Waals surface area contributed by atoms with E-state index in [1.807, 2.05) is 5.38 Å². The highest BCUT2D eigenvalue weighted by atomic mass is 32.1. The number of ketones is 1. The molecule has 1 heterocycles. The van der Waals surface area contributed by atoms with E-state index in [9.17, 15) is 9.59 Å². The Labute approximate surface area is 86.6 Å². The highest BCUT2D eigenvalue weighted by Crippen LogP contribution is 2.05. The van der Waals surface area contributed by atoms with Crippen LogP contribution in [0.3, 0.4) is 0 Å². The zero-order valence-corrected chi connectivity index (χ0v) is 9.00. The predicted molar refractivity (Wildman–Crippen MR) is 53.9 cm³/mol. The summed E-state index contributed by atoms with van der Waals surface area (Å²) in [6.45, 7) is 1.88. The number of nitrogens with zero attached hydrogens (tertiary/aromatic N) is 2. The second-order valence-electron chi connectivity index (χ2n) is 3.11. The molecule has 1 aromatic rings. The van der Waals surface area contributed by atoms with Gasteiger partial charge in [-0.3, -0.25) is 9.59 Å². The smallest absolute Gasteiger partial charge is 0.230 e. The van der Waals surface area contributed by atoms with Gasteiger partial charge in [0.15, 0.2) is 0 Å². The van der Waals surface area contributed by atoms with E-state index in [2.05, 4.69) is 4.98 Å². The maximum Gasteiger partial charge on any atom is 0.230 e. The van der Waals surface area contributed by atoms with Crippen LogP contribution in [0.4, 0.5) is 0 Å². The number of rotatable bonds is 4. The van der Waals surface area contributed by atoms with Gasteiger partial charge in [0, 0.05) is 12.4 Å². The van der Waals surface area contributed by atoms with E-state index in [1.54, 1.807) is 12.6 Å². The lowest BCUT2D eigenvalue weighted by atomic mass is 10.3. The molecule has 0 aliphatic heterocycles. The van der Waals surface area contributed by atoms with Crippen molar-refractivity contribution in [2.24, 2.45) is 0 Å². The van der Waals surface area contributed by atoms with Crippen molar-refractivity contribution in [2.75, 3.05) is 7.05 Å². The van der Waals surface area contributed by atoms with Crippen molar-refractivity contribution >= 4 is 23.0 Å². The number of thiazole rings is 1. The highest BCUT2D eigenvalue weighted by Gasteiger charge is 2.11. The maximum atomic E-state index is 11.4. The standard InChI is InChI=1S/C9H12N2O2S/c1-7(12)3-9(13)11(2)4-8-5-14-6-10-8/h5-6H,3-4H2,1-2H3. The van der Waals surface area contributed by atoms with Crippen LogP contribution in [0.2, 0.25) is 0 Å². The number of carbonyl (C=O) groups is 2. The van der Waals surface area contributed by atoms with Crippen molar-refractivity contribution in [3.05, 3.63) is 16.6 Å². The van der Waals surface area contributed by atoms with E-state index in [4.69, 9.17) is 0 Å². The Bertz CT molecular complexity index is 322. The average molecular weight is 212 g/mol. The Balaban J connectivity index is 2.46. The van der Waals surface area contributed by atoms with Crippen LogP contribution in [-0.4, -0.2) is 28.6 Å². The minimum atomic E-state index is -0.162. The minimum absolute atomic E-state index is 0.0271. The molecule has 0 aromatic carbocycles. The van der Waals surface area contributed by atoms with Crippen LogP contribution < -0.4 is 0 Å². The van der Waals surface area contributed by atoms with Gasteiger partial charge < -0.3 is 4.90 Å². The summed E-state index contributed by atoms with van der Waals surface area (Å²) < 4.78 is 0. The molecule has 1 aromatic heterocycles. The third-order valence-electron chi connectivity index (χ3n) is 1.71. The molecule has 0 N–H and O–H groups in total. The normalized spacial score (nSPS) is 9.86. The quantitative estimate of drug-likeness (QED) is 0.702. The largest absolute Gasteiger partial charge is 0.339 e. The number of hydrogen-bond acceptors (Lipinski definition) is 4. The first-order valence-corrected chi connectivity index (χ1v) is 5.14. The molecule has 14 heavy (non-hydrogen) atoms. The van der Waals surface area contributed by atoms with Crippen molar-refractivity contribution in [3.8, 4) is 0 Å². The van der Waals surface area contributed by atoms with Gasteiger partial charge in [-0.1, -0.05) is 0 Å². The zero-order chi connectivity index (χ0) is 10.6. The molecule has 4 nitrogen and oxygen atoms in total. The molecule has 5 heteroatoms. The SMILES string of the molecule is CC(=O)CC(=O)N(C)Cc1cscn1. The van der Waals surface area contributed by atoms with Crippen LogP contribution in [0.15, 0.2) is 10.9 Å². The van der Waals surface area contributed by atoms with Gasteiger partial charge >= 0.3 is 0 Å². The molecule has 0 bridgehead atoms. The Kier molecular flexibility index (Phi) is 3.76. The average Bonchev–Trinajstić information content (AvgIpc) is 2.55. The summed E-state index contributed by atoms with van der Waals surface area (Å²) in [5.74, 6) is -0.273. The number of amides is 1. The molecule has 0 spiro atoms. The molecule has 1 rings (SSSR count). The van der Waals surface area contributed by atoms with Crippen molar-refractivity contribution < 1.29 is 9.59 Å². The molecular formula is C9H12N2O2S. The first-order valence-electron chi connectivity index (χ1n) is 4.20. The zero-order valence-electron chi connectivity index (χ0n) is 8.19. The van der Waals surface area contributed by atoms with Gasteiger partial charge in [-0.05, 0) is 6.92 Å². The number of Topliss-reactive ketones (excluding diaryl/α,β-unsaturated/α-hetero) is 1. The molecule has 0 fully saturated rings. The number of hydrogen-bond donors (Lipinski definition) is 0. The lowest BCUT2D eigenvalue weighted by Crippen LogP contribution is -2.27. The Morgan fingerprint density at radius 3 is 2.79 bits per heavy atom. The van der Waals surface area contributed by atoms with E-state index >= 15 is 0 Å². The van der Waals surface area contributed by atoms with Gasteiger partial charge in [0.1, 0.15) is 5.78 Å². The van der Waals surface area contributed by atoms with Crippen LogP contribution in [0.5, 0.6) is 0 Å². The summed E-state index contributed by atoms with van der Waals surface area (Å²) in [4.78, 5) is 27.6. The van der Waals surface area contributed by atoms with Gasteiger partial charge in [-0.25, -0.2) is 4.98 Å². The molecule has 1 amide bonds. The molecule has 0 unspecified atom stereocenters. The third kappa shape index (κ3) is 3.26. The first kappa shape index (κ1) is 10.8. The summed E-state index contributed by atoms with van der Waals surface area (Å²) in [5, 5.41) is 1.89. The molecular weight excluding hydrogens is 200 g/mol. The predicted octanol–water partition coefficient (Wildman–Crippen LogP) is 1.08. The fourth-order valence-corrected chi connectivity index (χ4v) is 1.54. The lowest BCUT2D eigenvalue weighted by Gasteiger charge is -2.14. The molecule has 76 valence electrons. The van der Waals surface area contributed by atoms with E-state index in [0.717, 1.165) is 5.69 Å². The summed E-state index contributed by atoms with van der Waals surface area (Å²) in [6.07, 6.45) is -0.0271. The van der Waals surface area contributed by atoms with E-state index in [1.165, 1.54) is 23.2 Å². The monoisotopic (exact) mass is 212 g/mol. The fraction of sp³-hybridized carbons (Fsp3) is 0.444. The molecule has 0 atom stereocenters. The van der Waals surface area contributed by atoms with Crippen LogP contribution in [-0.2, 0) is 16.1 Å². The Morgan fingerprint density at radius 2 is 2.29 bits per heavy atom. The molecule has 0 radical (unpaired) electrons. The summed E-state index contributed by atoms with van der Waals surface area (Å²) >= 11 is 1.49. The fourth-order valence-electron chi connectivity index (χ4n) is 0.995. The molecule has 0 saturated heterocycles. The van der Waals surface area contributed by atoms with Crippen LogP contribution >= 0.6 is 11.3 Å². The number of carbonyl (C=O) groups excluding carboxylic acids is 2. The molecule has 0 aliphatic rings. The Morgan fingerprint density at radius 1 is 1.57 bits per heavy atom. The summed E-state index contributed by atoms with van der Waals surface area (Å²) in [5.41, 5.74) is 2.58. The van der Waals surface area contributed by atoms with E-state index in [0.29, 0.717) is 6.54 Å². The van der Waals surface area contributed by atoms with Crippen LogP contribution in [0.25, 0.3) is 0 Å². The van der Waals surface area contributed by atoms with Crippen LogP contribution in [0.1, 0.15) is 19.0 Å². The third-order valence-corrected chi connectivity index (χ3v) is 2.34. The van der Waals surface area contributed by atoms with Gasteiger partial charge in [0.2, 0.25) is 5.91 Å². The van der Waals surface area contributed by atoms with Gasteiger partial charge in [-0.2, -0.15) is 0 Å². The van der Waals surface area contributed by atoms with Crippen molar-refractivity contribution in [3.63, 3.8) is 0 Å². The summed E-state index contributed by atoms with van der Waals surface area (Å²) in [7, 11) is 1.67. The topological polar surface area (TPSA) is 50.3 Å². The molecule has 0 saturated carbocycles. The summed E-state index contributed by atoms with van der Waals surface area (Å²) in [6, 6.07) is 0. The Hall–Kier alpha value is -1.23.